The third kappa shape index (κ3) is 4.20. The van der Waals surface area contributed by atoms with Gasteiger partial charge in [-0.05, 0) is 19.4 Å². The molecule has 0 aliphatic heterocycles. The third-order valence-corrected chi connectivity index (χ3v) is 2.49. The zero-order chi connectivity index (χ0) is 14.4. The van der Waals surface area contributed by atoms with Gasteiger partial charge in [-0.2, -0.15) is 0 Å². The molecule has 1 aromatic rings. The lowest BCUT2D eigenvalue weighted by Gasteiger charge is -2.13. The number of rotatable bonds is 6. The van der Waals surface area contributed by atoms with E-state index in [1.807, 2.05) is 6.92 Å². The lowest BCUT2D eigenvalue weighted by atomic mass is 10.1. The van der Waals surface area contributed by atoms with Crippen molar-refractivity contribution in [1.82, 2.24) is 15.3 Å². The lowest BCUT2D eigenvalue weighted by Crippen LogP contribution is -2.41. The Balaban J connectivity index is 2.87. The number of carboxylic acids is 1. The van der Waals surface area contributed by atoms with Gasteiger partial charge in [-0.25, -0.2) is 14.8 Å². The first-order chi connectivity index (χ1) is 8.97. The SMILES string of the molecule is CCCC(NC(=O)c1cc(C)nc(NC)n1)C(=O)O. The molecule has 0 spiro atoms. The van der Waals surface area contributed by atoms with Crippen molar-refractivity contribution in [2.24, 2.45) is 0 Å². The number of aliphatic carboxylic acids is 1. The summed E-state index contributed by atoms with van der Waals surface area (Å²) in [6.07, 6.45) is 1.05. The van der Waals surface area contributed by atoms with E-state index in [2.05, 4.69) is 20.6 Å². The Morgan fingerprint density at radius 3 is 2.63 bits per heavy atom. The smallest absolute Gasteiger partial charge is 0.326 e. The van der Waals surface area contributed by atoms with Gasteiger partial charge in [-0.15, -0.1) is 0 Å². The maximum Gasteiger partial charge on any atom is 0.326 e. The molecule has 0 aliphatic carbocycles. The fraction of sp³-hybridized carbons (Fsp3) is 0.500. The highest BCUT2D eigenvalue weighted by Crippen LogP contribution is 2.05. The molecule has 1 rings (SSSR count). The van der Waals surface area contributed by atoms with Gasteiger partial charge in [-0.3, -0.25) is 4.79 Å². The fourth-order valence-corrected chi connectivity index (χ4v) is 1.57. The molecule has 0 saturated heterocycles. The second-order valence-electron chi connectivity index (χ2n) is 4.12. The molecule has 1 heterocycles. The van der Waals surface area contributed by atoms with Crippen LogP contribution in [0.5, 0.6) is 0 Å². The standard InChI is InChI=1S/C12H18N4O3/c1-4-5-8(11(18)19)15-10(17)9-6-7(2)14-12(13-3)16-9/h6,8H,4-5H2,1-3H3,(H,15,17)(H,18,19)(H,13,14,16). The Bertz CT molecular complexity index is 476. The van der Waals surface area contributed by atoms with E-state index in [4.69, 9.17) is 5.11 Å². The number of nitrogens with zero attached hydrogens (tertiary/aromatic N) is 2. The van der Waals surface area contributed by atoms with Gasteiger partial charge < -0.3 is 15.7 Å². The Kier molecular flexibility index (Phi) is 5.23. The number of nitrogens with one attached hydrogen (secondary N) is 2. The van der Waals surface area contributed by atoms with Crippen LogP contribution >= 0.6 is 0 Å². The monoisotopic (exact) mass is 266 g/mol. The summed E-state index contributed by atoms with van der Waals surface area (Å²) in [6.45, 7) is 3.59. The van der Waals surface area contributed by atoms with Crippen LogP contribution in [-0.2, 0) is 4.79 Å². The summed E-state index contributed by atoms with van der Waals surface area (Å²) in [4.78, 5) is 31.0. The summed E-state index contributed by atoms with van der Waals surface area (Å²) in [5, 5.41) is 14.2. The van der Waals surface area contributed by atoms with Crippen LogP contribution in [0.4, 0.5) is 5.95 Å². The molecule has 0 bridgehead atoms. The first-order valence-electron chi connectivity index (χ1n) is 6.05. The molecule has 0 radical (unpaired) electrons. The second-order valence-corrected chi connectivity index (χ2v) is 4.12. The van der Waals surface area contributed by atoms with E-state index in [1.54, 1.807) is 14.0 Å². The van der Waals surface area contributed by atoms with Gasteiger partial charge >= 0.3 is 5.97 Å². The van der Waals surface area contributed by atoms with Crippen molar-refractivity contribution < 1.29 is 14.7 Å². The number of anilines is 1. The number of hydrogen-bond donors (Lipinski definition) is 3. The summed E-state index contributed by atoms with van der Waals surface area (Å²) >= 11 is 0. The molecule has 1 atom stereocenters. The number of aromatic nitrogens is 2. The highest BCUT2D eigenvalue weighted by atomic mass is 16.4. The molecule has 3 N–H and O–H groups in total. The van der Waals surface area contributed by atoms with Crippen molar-refractivity contribution in [3.8, 4) is 0 Å². The quantitative estimate of drug-likeness (QED) is 0.704. The number of aryl methyl sites for hydroxylation is 1. The second kappa shape index (κ2) is 6.67. The highest BCUT2D eigenvalue weighted by molar-refractivity contribution is 5.95. The van der Waals surface area contributed by atoms with Crippen LogP contribution in [0.25, 0.3) is 0 Å². The van der Waals surface area contributed by atoms with Crippen LogP contribution in [-0.4, -0.2) is 40.0 Å². The van der Waals surface area contributed by atoms with Gasteiger partial charge in [-0.1, -0.05) is 13.3 Å². The summed E-state index contributed by atoms with van der Waals surface area (Å²) in [5.74, 6) is -1.23. The maximum absolute atomic E-state index is 12.0. The van der Waals surface area contributed by atoms with E-state index in [0.717, 1.165) is 0 Å². The molecule has 7 heteroatoms. The maximum atomic E-state index is 12.0. The number of hydrogen-bond acceptors (Lipinski definition) is 5. The van der Waals surface area contributed by atoms with Gasteiger partial charge in [0.25, 0.3) is 5.91 Å². The Labute approximate surface area is 111 Å². The van der Waals surface area contributed by atoms with E-state index >= 15 is 0 Å². The van der Waals surface area contributed by atoms with Crippen LogP contribution in [0.15, 0.2) is 6.07 Å². The van der Waals surface area contributed by atoms with Crippen LogP contribution in [0.3, 0.4) is 0 Å². The predicted molar refractivity (Wildman–Crippen MR) is 70.1 cm³/mol. The lowest BCUT2D eigenvalue weighted by molar-refractivity contribution is -0.139. The third-order valence-electron chi connectivity index (χ3n) is 2.49. The number of amides is 1. The molecule has 1 amide bonds. The highest BCUT2D eigenvalue weighted by Gasteiger charge is 2.20. The van der Waals surface area contributed by atoms with E-state index in [1.165, 1.54) is 6.07 Å². The van der Waals surface area contributed by atoms with Crippen molar-refractivity contribution in [2.45, 2.75) is 32.7 Å². The first-order valence-corrected chi connectivity index (χ1v) is 6.05. The van der Waals surface area contributed by atoms with Gasteiger partial charge in [0.05, 0.1) is 0 Å². The van der Waals surface area contributed by atoms with Crippen LogP contribution in [0.2, 0.25) is 0 Å². The predicted octanol–water partition coefficient (Wildman–Crippen LogP) is 0.810. The number of carbonyl (C=O) groups is 2. The molecule has 1 unspecified atom stereocenters. The normalized spacial score (nSPS) is 11.7. The van der Waals surface area contributed by atoms with Crippen molar-refractivity contribution in [3.05, 3.63) is 17.5 Å². The van der Waals surface area contributed by atoms with E-state index < -0.39 is 17.9 Å². The topological polar surface area (TPSA) is 104 Å². The van der Waals surface area contributed by atoms with E-state index in [-0.39, 0.29) is 5.69 Å². The van der Waals surface area contributed by atoms with Gasteiger partial charge in [0.1, 0.15) is 11.7 Å². The summed E-state index contributed by atoms with van der Waals surface area (Å²) in [7, 11) is 1.65. The minimum absolute atomic E-state index is 0.152. The minimum Gasteiger partial charge on any atom is -0.480 e. The minimum atomic E-state index is -1.05. The van der Waals surface area contributed by atoms with Gasteiger partial charge in [0, 0.05) is 12.7 Å². The van der Waals surface area contributed by atoms with Crippen molar-refractivity contribution in [1.29, 1.82) is 0 Å². The zero-order valence-corrected chi connectivity index (χ0v) is 11.2. The summed E-state index contributed by atoms with van der Waals surface area (Å²) < 4.78 is 0. The van der Waals surface area contributed by atoms with Crippen molar-refractivity contribution >= 4 is 17.8 Å². The average molecular weight is 266 g/mol. The Morgan fingerprint density at radius 2 is 2.11 bits per heavy atom. The van der Waals surface area contributed by atoms with Gasteiger partial charge in [0.2, 0.25) is 5.95 Å². The molecule has 1 aromatic heterocycles. The first kappa shape index (κ1) is 14.9. The van der Waals surface area contributed by atoms with E-state index in [9.17, 15) is 9.59 Å². The molecule has 0 fully saturated rings. The molecule has 7 nitrogen and oxygen atoms in total. The van der Waals surface area contributed by atoms with Crippen molar-refractivity contribution in [3.63, 3.8) is 0 Å². The molecule has 19 heavy (non-hydrogen) atoms. The molecule has 0 saturated carbocycles. The Hall–Kier alpha value is -2.18. The van der Waals surface area contributed by atoms with Gasteiger partial charge in [0.15, 0.2) is 0 Å². The molecular weight excluding hydrogens is 248 g/mol. The van der Waals surface area contributed by atoms with Crippen molar-refractivity contribution in [2.75, 3.05) is 12.4 Å². The van der Waals surface area contributed by atoms with Crippen LogP contribution in [0, 0.1) is 6.92 Å². The number of carboxylic acid groups (broad SMARTS) is 1. The summed E-state index contributed by atoms with van der Waals surface area (Å²) in [6, 6.07) is 0.618. The molecule has 0 aliphatic rings. The van der Waals surface area contributed by atoms with Crippen LogP contribution in [0.1, 0.15) is 35.9 Å². The fourth-order valence-electron chi connectivity index (χ4n) is 1.57. The number of carbonyl (C=O) groups excluding carboxylic acids is 1. The molecule has 104 valence electrons. The van der Waals surface area contributed by atoms with Crippen LogP contribution < -0.4 is 10.6 Å². The van der Waals surface area contributed by atoms with E-state index in [0.29, 0.717) is 24.5 Å². The zero-order valence-electron chi connectivity index (χ0n) is 11.2. The average Bonchev–Trinajstić information content (AvgIpc) is 2.37. The molecule has 0 aromatic carbocycles. The summed E-state index contributed by atoms with van der Waals surface area (Å²) in [5.41, 5.74) is 0.783. The largest absolute Gasteiger partial charge is 0.480 e. The Morgan fingerprint density at radius 1 is 1.42 bits per heavy atom. The molecular formula is C12H18N4O3.